The summed E-state index contributed by atoms with van der Waals surface area (Å²) in [7, 11) is 0. The molecule has 2 nitrogen and oxygen atoms in total. The highest BCUT2D eigenvalue weighted by molar-refractivity contribution is 8.93. The van der Waals surface area contributed by atoms with Gasteiger partial charge in [0.05, 0.1) is 10.7 Å². The molecular weight excluding hydrogens is 331 g/mol. The van der Waals surface area contributed by atoms with E-state index in [9.17, 15) is 0 Å². The molecule has 0 aliphatic heterocycles. The second-order valence-corrected chi connectivity index (χ2v) is 5.16. The van der Waals surface area contributed by atoms with Crippen molar-refractivity contribution in [3.05, 3.63) is 33.1 Å². The summed E-state index contributed by atoms with van der Waals surface area (Å²) in [5, 5.41) is 1.81. The molecule has 1 aromatic heterocycles. The molecule has 0 unspecified atom stereocenters. The van der Waals surface area contributed by atoms with E-state index in [4.69, 9.17) is 28.9 Å². The van der Waals surface area contributed by atoms with E-state index in [1.807, 2.05) is 6.92 Å². The second kappa shape index (κ2) is 5.36. The number of hydrogen-bond donors (Lipinski definition) is 1. The monoisotopic (exact) mass is 338 g/mol. The largest absolute Gasteiger partial charge is 0.375 e. The molecule has 0 saturated heterocycles. The van der Waals surface area contributed by atoms with E-state index in [0.29, 0.717) is 15.2 Å². The number of halogens is 3. The van der Waals surface area contributed by atoms with Crippen LogP contribution in [0.5, 0.6) is 0 Å². The first-order chi connectivity index (χ1) is 7.08. The molecule has 0 bridgehead atoms. The highest BCUT2D eigenvalue weighted by Crippen LogP contribution is 2.34. The SMILES string of the molecule is Br.Cc1sc(N)nc1-c1cc(Cl)ccc1Cl. The molecular formula is C10H9BrCl2N2S. The molecule has 0 aliphatic carbocycles. The quantitative estimate of drug-likeness (QED) is 0.825. The molecule has 16 heavy (non-hydrogen) atoms. The second-order valence-electron chi connectivity index (χ2n) is 3.08. The Morgan fingerprint density at radius 2 is 2.00 bits per heavy atom. The predicted octanol–water partition coefficient (Wildman–Crippen LogP) is 4.59. The van der Waals surface area contributed by atoms with Gasteiger partial charge in [-0.25, -0.2) is 4.98 Å². The first-order valence-electron chi connectivity index (χ1n) is 4.26. The van der Waals surface area contributed by atoms with Gasteiger partial charge < -0.3 is 5.73 Å². The maximum atomic E-state index is 6.08. The van der Waals surface area contributed by atoms with Gasteiger partial charge in [0.15, 0.2) is 5.13 Å². The zero-order valence-corrected chi connectivity index (χ0v) is 12.4. The van der Waals surface area contributed by atoms with E-state index in [1.165, 1.54) is 11.3 Å². The number of hydrogen-bond acceptors (Lipinski definition) is 3. The van der Waals surface area contributed by atoms with Crippen LogP contribution in [0.25, 0.3) is 11.3 Å². The fraction of sp³-hybridized carbons (Fsp3) is 0.100. The Bertz CT molecular complexity index is 514. The van der Waals surface area contributed by atoms with Crippen molar-refractivity contribution in [3.63, 3.8) is 0 Å². The minimum absolute atomic E-state index is 0. The Labute approximate surface area is 118 Å². The minimum atomic E-state index is 0. The van der Waals surface area contributed by atoms with Gasteiger partial charge in [-0.3, -0.25) is 0 Å². The first-order valence-corrected chi connectivity index (χ1v) is 5.83. The average Bonchev–Trinajstić information content (AvgIpc) is 2.50. The van der Waals surface area contributed by atoms with Gasteiger partial charge in [0.1, 0.15) is 0 Å². The summed E-state index contributed by atoms with van der Waals surface area (Å²) in [5.41, 5.74) is 7.27. The lowest BCUT2D eigenvalue weighted by Gasteiger charge is -2.02. The number of nitrogen functional groups attached to an aromatic ring is 1. The molecule has 2 N–H and O–H groups in total. The third-order valence-corrected chi connectivity index (χ3v) is 3.36. The van der Waals surface area contributed by atoms with Crippen molar-refractivity contribution < 1.29 is 0 Å². The molecule has 1 aromatic carbocycles. The summed E-state index contributed by atoms with van der Waals surface area (Å²) < 4.78 is 0. The van der Waals surface area contributed by atoms with Crippen LogP contribution >= 0.6 is 51.5 Å². The number of nitrogens with zero attached hydrogens (tertiary/aromatic N) is 1. The molecule has 0 saturated carbocycles. The number of anilines is 1. The van der Waals surface area contributed by atoms with Gasteiger partial charge in [0.2, 0.25) is 0 Å². The van der Waals surface area contributed by atoms with Crippen LogP contribution in [0.15, 0.2) is 18.2 Å². The van der Waals surface area contributed by atoms with Gasteiger partial charge >= 0.3 is 0 Å². The Kier molecular flexibility index (Phi) is 4.62. The summed E-state index contributed by atoms with van der Waals surface area (Å²) in [5.74, 6) is 0. The molecule has 0 aliphatic rings. The zero-order chi connectivity index (χ0) is 11.0. The van der Waals surface area contributed by atoms with Crippen LogP contribution in [-0.4, -0.2) is 4.98 Å². The van der Waals surface area contributed by atoms with Gasteiger partial charge in [0, 0.05) is 15.5 Å². The third-order valence-electron chi connectivity index (χ3n) is 2.00. The Balaban J connectivity index is 0.00000128. The molecule has 6 heteroatoms. The number of thiazole rings is 1. The Morgan fingerprint density at radius 1 is 1.31 bits per heavy atom. The van der Waals surface area contributed by atoms with Crippen LogP contribution in [0, 0.1) is 6.92 Å². The van der Waals surface area contributed by atoms with Crippen molar-refractivity contribution >= 4 is 56.7 Å². The van der Waals surface area contributed by atoms with Gasteiger partial charge in [-0.15, -0.1) is 28.3 Å². The van der Waals surface area contributed by atoms with E-state index in [0.717, 1.165) is 16.1 Å². The zero-order valence-electron chi connectivity index (χ0n) is 8.33. The van der Waals surface area contributed by atoms with Crippen LogP contribution in [0.3, 0.4) is 0 Å². The highest BCUT2D eigenvalue weighted by Gasteiger charge is 2.11. The number of rotatable bonds is 1. The van der Waals surface area contributed by atoms with E-state index in [-0.39, 0.29) is 17.0 Å². The highest BCUT2D eigenvalue weighted by atomic mass is 79.9. The van der Waals surface area contributed by atoms with E-state index >= 15 is 0 Å². The molecule has 0 atom stereocenters. The van der Waals surface area contributed by atoms with E-state index in [1.54, 1.807) is 18.2 Å². The number of aromatic nitrogens is 1. The first kappa shape index (κ1) is 13.8. The van der Waals surface area contributed by atoms with Crippen molar-refractivity contribution in [3.8, 4) is 11.3 Å². The van der Waals surface area contributed by atoms with Crippen molar-refractivity contribution in [2.45, 2.75) is 6.92 Å². The average molecular weight is 340 g/mol. The molecule has 1 heterocycles. The summed E-state index contributed by atoms with van der Waals surface area (Å²) >= 11 is 13.4. The lowest BCUT2D eigenvalue weighted by Crippen LogP contribution is -1.85. The van der Waals surface area contributed by atoms with Gasteiger partial charge in [0.25, 0.3) is 0 Å². The molecule has 0 spiro atoms. The lowest BCUT2D eigenvalue weighted by atomic mass is 10.1. The Hall–Kier alpha value is -0.290. The maximum absolute atomic E-state index is 6.08. The van der Waals surface area contributed by atoms with Gasteiger partial charge in [-0.1, -0.05) is 23.2 Å². The van der Waals surface area contributed by atoms with E-state index in [2.05, 4.69) is 4.98 Å². The van der Waals surface area contributed by atoms with Gasteiger partial charge in [-0.2, -0.15) is 0 Å². The fourth-order valence-electron chi connectivity index (χ4n) is 1.35. The molecule has 2 rings (SSSR count). The topological polar surface area (TPSA) is 38.9 Å². The summed E-state index contributed by atoms with van der Waals surface area (Å²) in [6.07, 6.45) is 0. The normalized spacial score (nSPS) is 9.94. The molecule has 2 aromatic rings. The summed E-state index contributed by atoms with van der Waals surface area (Å²) in [6.45, 7) is 1.96. The predicted molar refractivity (Wildman–Crippen MR) is 77.0 cm³/mol. The van der Waals surface area contributed by atoms with Gasteiger partial charge in [-0.05, 0) is 25.1 Å². The molecule has 0 amide bonds. The third kappa shape index (κ3) is 2.69. The fourth-order valence-corrected chi connectivity index (χ4v) is 2.43. The van der Waals surface area contributed by atoms with Crippen molar-refractivity contribution in [1.82, 2.24) is 4.98 Å². The van der Waals surface area contributed by atoms with Crippen LogP contribution in [0.2, 0.25) is 10.0 Å². The smallest absolute Gasteiger partial charge is 0.180 e. The lowest BCUT2D eigenvalue weighted by molar-refractivity contribution is 1.38. The summed E-state index contributed by atoms with van der Waals surface area (Å²) in [6, 6.07) is 5.30. The minimum Gasteiger partial charge on any atom is -0.375 e. The van der Waals surface area contributed by atoms with Crippen molar-refractivity contribution in [2.24, 2.45) is 0 Å². The van der Waals surface area contributed by atoms with Crippen LogP contribution in [-0.2, 0) is 0 Å². The molecule has 0 fully saturated rings. The van der Waals surface area contributed by atoms with Crippen molar-refractivity contribution in [2.75, 3.05) is 5.73 Å². The van der Waals surface area contributed by atoms with Crippen LogP contribution in [0.1, 0.15) is 4.88 Å². The Morgan fingerprint density at radius 3 is 2.56 bits per heavy atom. The van der Waals surface area contributed by atoms with Crippen molar-refractivity contribution in [1.29, 1.82) is 0 Å². The number of benzene rings is 1. The van der Waals surface area contributed by atoms with Crippen LogP contribution in [0.4, 0.5) is 5.13 Å². The maximum Gasteiger partial charge on any atom is 0.180 e. The number of nitrogens with two attached hydrogens (primary N) is 1. The molecule has 0 radical (unpaired) electrons. The molecule has 86 valence electrons. The summed E-state index contributed by atoms with van der Waals surface area (Å²) in [4.78, 5) is 5.27. The van der Waals surface area contributed by atoms with Crippen LogP contribution < -0.4 is 5.73 Å². The van der Waals surface area contributed by atoms with E-state index < -0.39 is 0 Å². The number of aryl methyl sites for hydroxylation is 1. The standard InChI is InChI=1S/C10H8Cl2N2S.BrH/c1-5-9(14-10(13)15-5)7-4-6(11)2-3-8(7)12;/h2-4H,1H3,(H2,13,14);1H.